The molecule has 0 amide bonds. The van der Waals surface area contributed by atoms with Gasteiger partial charge in [0.05, 0.1) is 10.7 Å². The van der Waals surface area contributed by atoms with Gasteiger partial charge < -0.3 is 5.11 Å². The molecule has 18 heavy (non-hydrogen) atoms. The van der Waals surface area contributed by atoms with Crippen LogP contribution in [-0.2, 0) is 13.6 Å². The maximum absolute atomic E-state index is 10.4. The van der Waals surface area contributed by atoms with Crippen molar-refractivity contribution < 1.29 is 5.11 Å². The Morgan fingerprint density at radius 3 is 2.83 bits per heavy atom. The van der Waals surface area contributed by atoms with Crippen molar-refractivity contribution in [1.29, 1.82) is 0 Å². The number of hydrogen-bond donors (Lipinski definition) is 1. The standard InChI is InChI=1S/C12H12BrN3O2/c1-7-10(9-4-14-16(2)6-9)3-8(5-15-18)12(17)11(7)13/h3-4,6,17H,5H2,1-2H3. The molecule has 0 aliphatic rings. The number of nitrogens with zero attached hydrogens (tertiary/aromatic N) is 3. The summed E-state index contributed by atoms with van der Waals surface area (Å²) in [6.45, 7) is 1.84. The van der Waals surface area contributed by atoms with Gasteiger partial charge in [0.1, 0.15) is 12.3 Å². The Labute approximate surface area is 113 Å². The number of phenolic OH excluding ortho intramolecular Hbond substituents is 1. The summed E-state index contributed by atoms with van der Waals surface area (Å²) in [7, 11) is 1.84. The third-order valence-electron chi connectivity index (χ3n) is 2.81. The number of aromatic hydroxyl groups is 1. The zero-order valence-electron chi connectivity index (χ0n) is 10.0. The summed E-state index contributed by atoms with van der Waals surface area (Å²) < 4.78 is 2.29. The molecule has 0 unspecified atom stereocenters. The average molecular weight is 310 g/mol. The molecule has 1 heterocycles. The Hall–Kier alpha value is -1.69. The number of halogens is 1. The second kappa shape index (κ2) is 4.89. The Bertz CT molecular complexity index is 608. The van der Waals surface area contributed by atoms with E-state index in [1.165, 1.54) is 0 Å². The molecule has 0 aliphatic carbocycles. The van der Waals surface area contributed by atoms with Crippen molar-refractivity contribution in [3.63, 3.8) is 0 Å². The quantitative estimate of drug-likeness (QED) is 0.886. The van der Waals surface area contributed by atoms with E-state index in [0.29, 0.717) is 10.0 Å². The van der Waals surface area contributed by atoms with E-state index in [0.717, 1.165) is 16.7 Å². The lowest BCUT2D eigenvalue weighted by Crippen LogP contribution is -1.91. The van der Waals surface area contributed by atoms with Gasteiger partial charge in [-0.05, 0) is 40.0 Å². The van der Waals surface area contributed by atoms with Crippen molar-refractivity contribution in [1.82, 2.24) is 9.78 Å². The molecule has 6 heteroatoms. The smallest absolute Gasteiger partial charge is 0.135 e. The molecule has 0 bridgehead atoms. The second-order valence-corrected chi connectivity index (χ2v) is 4.85. The van der Waals surface area contributed by atoms with Crippen molar-refractivity contribution in [2.75, 3.05) is 0 Å². The van der Waals surface area contributed by atoms with Crippen LogP contribution < -0.4 is 0 Å². The van der Waals surface area contributed by atoms with Gasteiger partial charge in [0.2, 0.25) is 0 Å². The molecule has 0 aliphatic heterocycles. The molecular formula is C12H12BrN3O2. The average Bonchev–Trinajstić information content (AvgIpc) is 2.76. The number of aryl methyl sites for hydroxylation is 1. The summed E-state index contributed by atoms with van der Waals surface area (Å²) in [5.74, 6) is 0.0692. The molecule has 0 atom stereocenters. The first-order valence-electron chi connectivity index (χ1n) is 5.33. The van der Waals surface area contributed by atoms with Gasteiger partial charge >= 0.3 is 0 Å². The minimum absolute atomic E-state index is 0.0576. The Morgan fingerprint density at radius 2 is 2.28 bits per heavy atom. The van der Waals surface area contributed by atoms with Crippen molar-refractivity contribution in [2.24, 2.45) is 12.2 Å². The fourth-order valence-electron chi connectivity index (χ4n) is 1.84. The van der Waals surface area contributed by atoms with Gasteiger partial charge in [-0.1, -0.05) is 5.18 Å². The van der Waals surface area contributed by atoms with Gasteiger partial charge in [-0.25, -0.2) is 0 Å². The summed E-state index contributed by atoms with van der Waals surface area (Å²) in [6, 6.07) is 1.77. The van der Waals surface area contributed by atoms with Gasteiger partial charge in [-0.15, -0.1) is 0 Å². The van der Waals surface area contributed by atoms with Gasteiger partial charge in [0.25, 0.3) is 0 Å². The molecular weight excluding hydrogens is 298 g/mol. The Kier molecular flexibility index (Phi) is 3.47. The van der Waals surface area contributed by atoms with Crippen LogP contribution in [0, 0.1) is 11.8 Å². The van der Waals surface area contributed by atoms with E-state index in [1.54, 1.807) is 16.9 Å². The lowest BCUT2D eigenvalue weighted by atomic mass is 9.99. The zero-order chi connectivity index (χ0) is 13.3. The molecule has 2 aromatic rings. The molecule has 5 nitrogen and oxygen atoms in total. The number of rotatable bonds is 3. The number of benzene rings is 1. The highest BCUT2D eigenvalue weighted by Gasteiger charge is 2.15. The fourth-order valence-corrected chi connectivity index (χ4v) is 2.31. The fraction of sp³-hybridized carbons (Fsp3) is 0.250. The molecule has 94 valence electrons. The topological polar surface area (TPSA) is 67.5 Å². The van der Waals surface area contributed by atoms with E-state index in [-0.39, 0.29) is 12.3 Å². The normalized spacial score (nSPS) is 10.6. The van der Waals surface area contributed by atoms with Gasteiger partial charge in [0, 0.05) is 24.4 Å². The summed E-state index contributed by atoms with van der Waals surface area (Å²) in [5.41, 5.74) is 3.26. The lowest BCUT2D eigenvalue weighted by Gasteiger charge is -2.11. The van der Waals surface area contributed by atoms with Crippen LogP contribution >= 0.6 is 15.9 Å². The zero-order valence-corrected chi connectivity index (χ0v) is 11.6. The highest BCUT2D eigenvalue weighted by Crippen LogP contribution is 2.38. The maximum Gasteiger partial charge on any atom is 0.135 e. The van der Waals surface area contributed by atoms with Gasteiger partial charge in [-0.2, -0.15) is 10.0 Å². The van der Waals surface area contributed by atoms with Crippen LogP contribution in [0.2, 0.25) is 0 Å². The summed E-state index contributed by atoms with van der Waals surface area (Å²) in [4.78, 5) is 10.4. The summed E-state index contributed by atoms with van der Waals surface area (Å²) in [6.07, 6.45) is 3.62. The highest BCUT2D eigenvalue weighted by atomic mass is 79.9. The van der Waals surface area contributed by atoms with Crippen LogP contribution in [0.1, 0.15) is 11.1 Å². The number of aromatic nitrogens is 2. The van der Waals surface area contributed by atoms with Crippen LogP contribution in [0.3, 0.4) is 0 Å². The van der Waals surface area contributed by atoms with E-state index in [2.05, 4.69) is 26.2 Å². The van der Waals surface area contributed by atoms with E-state index in [9.17, 15) is 10.0 Å². The Morgan fingerprint density at radius 1 is 1.56 bits per heavy atom. The molecule has 1 aromatic carbocycles. The first-order valence-corrected chi connectivity index (χ1v) is 6.13. The number of phenols is 1. The largest absolute Gasteiger partial charge is 0.506 e. The van der Waals surface area contributed by atoms with Crippen molar-refractivity contribution in [3.8, 4) is 16.9 Å². The van der Waals surface area contributed by atoms with Crippen LogP contribution in [0.15, 0.2) is 28.1 Å². The molecule has 0 spiro atoms. The minimum Gasteiger partial charge on any atom is -0.506 e. The third kappa shape index (κ3) is 2.15. The lowest BCUT2D eigenvalue weighted by molar-refractivity contribution is 0.464. The van der Waals surface area contributed by atoms with E-state index in [1.807, 2.05) is 20.2 Å². The van der Waals surface area contributed by atoms with Crippen LogP contribution in [0.25, 0.3) is 11.1 Å². The molecule has 0 fully saturated rings. The van der Waals surface area contributed by atoms with E-state index in [4.69, 9.17) is 0 Å². The SMILES string of the molecule is Cc1c(-c2cnn(C)c2)cc(CN=O)c(O)c1Br. The van der Waals surface area contributed by atoms with Crippen molar-refractivity contribution in [3.05, 3.63) is 39.0 Å². The van der Waals surface area contributed by atoms with Gasteiger partial charge in [-0.3, -0.25) is 4.68 Å². The maximum atomic E-state index is 10.4. The molecule has 0 saturated carbocycles. The molecule has 0 saturated heterocycles. The van der Waals surface area contributed by atoms with Gasteiger partial charge in [0.15, 0.2) is 0 Å². The predicted molar refractivity (Wildman–Crippen MR) is 72.2 cm³/mol. The predicted octanol–water partition coefficient (Wildman–Crippen LogP) is 3.13. The number of nitroso groups, excluding NO2 is 1. The molecule has 2 rings (SSSR count). The highest BCUT2D eigenvalue weighted by molar-refractivity contribution is 9.10. The van der Waals surface area contributed by atoms with Crippen LogP contribution in [0.4, 0.5) is 0 Å². The van der Waals surface area contributed by atoms with Crippen LogP contribution in [0.5, 0.6) is 5.75 Å². The van der Waals surface area contributed by atoms with E-state index >= 15 is 0 Å². The summed E-state index contributed by atoms with van der Waals surface area (Å²) in [5, 5.41) is 16.9. The number of hydrogen-bond acceptors (Lipinski definition) is 4. The minimum atomic E-state index is -0.0576. The third-order valence-corrected chi connectivity index (χ3v) is 3.78. The van der Waals surface area contributed by atoms with Crippen molar-refractivity contribution in [2.45, 2.75) is 13.5 Å². The summed E-state index contributed by atoms with van der Waals surface area (Å²) >= 11 is 3.33. The van der Waals surface area contributed by atoms with Crippen LogP contribution in [-0.4, -0.2) is 14.9 Å². The molecule has 0 radical (unpaired) electrons. The first kappa shape index (κ1) is 12.8. The molecule has 1 N–H and O–H groups in total. The Balaban J connectivity index is 2.63. The van der Waals surface area contributed by atoms with Crippen molar-refractivity contribution >= 4 is 15.9 Å². The monoisotopic (exact) mass is 309 g/mol. The molecule has 1 aromatic heterocycles. The first-order chi connectivity index (χ1) is 8.54. The van der Waals surface area contributed by atoms with E-state index < -0.39 is 0 Å². The second-order valence-electron chi connectivity index (χ2n) is 4.06.